The van der Waals surface area contributed by atoms with Gasteiger partial charge in [-0.2, -0.15) is 18.2 Å². The van der Waals surface area contributed by atoms with E-state index in [1.807, 2.05) is 0 Å². The maximum atomic E-state index is 11.1. The number of nitrogens with one attached hydrogen (secondary N) is 1. The molecule has 0 aromatic rings. The summed E-state index contributed by atoms with van der Waals surface area (Å²) >= 11 is 0.993. The van der Waals surface area contributed by atoms with Crippen LogP contribution in [-0.4, -0.2) is 32.0 Å². The van der Waals surface area contributed by atoms with E-state index in [-0.39, 0.29) is 13.3 Å². The van der Waals surface area contributed by atoms with Gasteiger partial charge in [0.1, 0.15) is 5.04 Å². The topological polar surface area (TPSA) is 77.0 Å². The highest BCUT2D eigenvalue weighted by Crippen LogP contribution is 2.23. The van der Waals surface area contributed by atoms with Crippen molar-refractivity contribution in [1.82, 2.24) is 5.48 Å². The van der Waals surface area contributed by atoms with E-state index in [0.717, 1.165) is 12.0 Å². The molecule has 6 nitrogen and oxygen atoms in total. The van der Waals surface area contributed by atoms with Gasteiger partial charge in [-0.15, -0.1) is 0 Å². The molecule has 0 aromatic carbocycles. The number of hydrogen-bond acceptors (Lipinski definition) is 7. The highest BCUT2D eigenvalue weighted by atomic mass is 32.2. The Morgan fingerprint density at radius 1 is 1.67 bits per heavy atom. The lowest BCUT2D eigenvalue weighted by atomic mass is 10.4. The molecule has 68 valence electrons. The van der Waals surface area contributed by atoms with Gasteiger partial charge in [0.2, 0.25) is 0 Å². The maximum absolute atomic E-state index is 11.1. The molecule has 1 saturated heterocycles. The molecule has 1 atom stereocenters. The Morgan fingerprint density at radius 2 is 2.50 bits per heavy atom. The summed E-state index contributed by atoms with van der Waals surface area (Å²) in [6.07, 6.45) is 0. The van der Waals surface area contributed by atoms with Crippen molar-refractivity contribution in [2.75, 3.05) is 13.3 Å². The van der Waals surface area contributed by atoms with Crippen LogP contribution in [0.5, 0.6) is 0 Å². The summed E-state index contributed by atoms with van der Waals surface area (Å²) in [6, 6.07) is 0. The third-order valence-electron chi connectivity index (χ3n) is 1.49. The van der Waals surface area contributed by atoms with Crippen LogP contribution in [0, 0.1) is 0 Å². The summed E-state index contributed by atoms with van der Waals surface area (Å²) in [6.45, 7) is 0.448. The minimum absolute atomic E-state index is 0.214. The Morgan fingerprint density at radius 3 is 3.00 bits per heavy atom. The first-order valence-electron chi connectivity index (χ1n) is 3.19. The lowest BCUT2D eigenvalue weighted by molar-refractivity contribution is 0.241. The van der Waals surface area contributed by atoms with Crippen molar-refractivity contribution in [2.45, 2.75) is 5.25 Å². The van der Waals surface area contributed by atoms with E-state index in [1.165, 1.54) is 0 Å². The molecule has 0 spiro atoms. The van der Waals surface area contributed by atoms with Crippen LogP contribution in [-0.2, 0) is 18.6 Å². The van der Waals surface area contributed by atoms with Crippen LogP contribution in [0.4, 0.5) is 0 Å². The zero-order valence-electron chi connectivity index (χ0n) is 5.89. The molecule has 1 fully saturated rings. The zero-order chi connectivity index (χ0) is 8.60. The van der Waals surface area contributed by atoms with Crippen LogP contribution < -0.4 is 5.48 Å². The van der Waals surface area contributed by atoms with E-state index >= 15 is 0 Å². The van der Waals surface area contributed by atoms with Gasteiger partial charge < -0.3 is 0 Å². The fourth-order valence-corrected chi connectivity index (χ4v) is 2.86. The Bertz CT molecular complexity index is 311. The van der Waals surface area contributed by atoms with Crippen molar-refractivity contribution >= 4 is 27.2 Å². The molecule has 0 aliphatic carbocycles. The Balaban J connectivity index is 2.23. The fraction of sp³-hybridized carbons (Fsp3) is 0.750. The molecule has 0 radical (unpaired) electrons. The molecule has 8 heteroatoms. The van der Waals surface area contributed by atoms with E-state index < -0.39 is 15.4 Å². The summed E-state index contributed by atoms with van der Waals surface area (Å²) < 4.78 is 31.4. The first kappa shape index (κ1) is 8.45. The largest absolute Gasteiger partial charge is 0.293 e. The quantitative estimate of drug-likeness (QED) is 0.574. The summed E-state index contributed by atoms with van der Waals surface area (Å²) in [5.41, 5.74) is 2.30. The molecule has 2 aliphatic rings. The molecule has 2 heterocycles. The molecule has 0 bridgehead atoms. The third-order valence-corrected chi connectivity index (χ3v) is 3.88. The Kier molecular flexibility index (Phi) is 2.09. The van der Waals surface area contributed by atoms with Gasteiger partial charge in [-0.25, -0.2) is 4.99 Å². The molecule has 2 rings (SSSR count). The molecule has 1 unspecified atom stereocenters. The van der Waals surface area contributed by atoms with Gasteiger partial charge in [0, 0.05) is 18.6 Å². The highest BCUT2D eigenvalue weighted by Gasteiger charge is 2.39. The third kappa shape index (κ3) is 1.36. The molecule has 0 aromatic heterocycles. The first-order chi connectivity index (χ1) is 5.70. The second-order valence-corrected chi connectivity index (χ2v) is 4.78. The number of rotatable bonds is 1. The van der Waals surface area contributed by atoms with Gasteiger partial charge in [0.05, 0.1) is 0 Å². The molecule has 0 saturated carbocycles. The van der Waals surface area contributed by atoms with Gasteiger partial charge in [-0.05, 0) is 0 Å². The summed E-state index contributed by atoms with van der Waals surface area (Å²) in [4.78, 5) is 3.87. The van der Waals surface area contributed by atoms with Crippen molar-refractivity contribution in [2.24, 2.45) is 4.99 Å². The minimum Gasteiger partial charge on any atom is -0.286 e. The standard InChI is InChI=1S/C4H6N2O4S2/c7-12(8)3(1-6-10-12)4-5-2-9-11-4/h3,6H,1-2H2. The van der Waals surface area contributed by atoms with E-state index in [0.29, 0.717) is 5.04 Å². The average Bonchev–Trinajstić information content (AvgIpc) is 2.55. The number of nitrogens with zero attached hydrogens (tertiary/aromatic N) is 1. The number of hydroxylamine groups is 1. The second-order valence-electron chi connectivity index (χ2n) is 2.24. The molecular weight excluding hydrogens is 204 g/mol. The van der Waals surface area contributed by atoms with Gasteiger partial charge in [-0.3, -0.25) is 4.18 Å². The normalized spacial score (nSPS) is 33.7. The highest BCUT2D eigenvalue weighted by molar-refractivity contribution is 8.11. The van der Waals surface area contributed by atoms with Crippen LogP contribution in [0.1, 0.15) is 0 Å². The van der Waals surface area contributed by atoms with Crippen molar-refractivity contribution in [3.05, 3.63) is 0 Å². The van der Waals surface area contributed by atoms with Crippen LogP contribution in [0.15, 0.2) is 4.99 Å². The van der Waals surface area contributed by atoms with Crippen molar-refractivity contribution in [1.29, 1.82) is 0 Å². The second kappa shape index (κ2) is 2.96. The molecule has 12 heavy (non-hydrogen) atoms. The molecular formula is C4H6N2O4S2. The lowest BCUT2D eigenvalue weighted by Gasteiger charge is -2.01. The van der Waals surface area contributed by atoms with Crippen LogP contribution in [0.3, 0.4) is 0 Å². The fourth-order valence-electron chi connectivity index (χ4n) is 0.921. The average molecular weight is 210 g/mol. The predicted octanol–water partition coefficient (Wildman–Crippen LogP) is -0.746. The summed E-state index contributed by atoms with van der Waals surface area (Å²) in [7, 11) is -3.51. The van der Waals surface area contributed by atoms with Gasteiger partial charge in [0.15, 0.2) is 12.0 Å². The van der Waals surface area contributed by atoms with Crippen LogP contribution >= 0.6 is 12.0 Å². The maximum Gasteiger partial charge on any atom is 0.293 e. The lowest BCUT2D eigenvalue weighted by Crippen LogP contribution is -2.25. The SMILES string of the molecule is O=S1(=O)ONCC1C1=NCOS1. The Labute approximate surface area is 73.6 Å². The van der Waals surface area contributed by atoms with Gasteiger partial charge in [-0.1, -0.05) is 0 Å². The number of hydrogen-bond donors (Lipinski definition) is 1. The van der Waals surface area contributed by atoms with E-state index in [1.54, 1.807) is 0 Å². The van der Waals surface area contributed by atoms with Crippen molar-refractivity contribution < 1.29 is 16.9 Å². The smallest absolute Gasteiger partial charge is 0.286 e. The minimum atomic E-state index is -3.51. The van der Waals surface area contributed by atoms with Crippen molar-refractivity contribution in [3.63, 3.8) is 0 Å². The molecule has 1 N–H and O–H groups in total. The van der Waals surface area contributed by atoms with E-state index in [4.69, 9.17) is 4.18 Å². The predicted molar refractivity (Wildman–Crippen MR) is 42.8 cm³/mol. The van der Waals surface area contributed by atoms with Crippen LogP contribution in [0.2, 0.25) is 0 Å². The van der Waals surface area contributed by atoms with Crippen LogP contribution in [0.25, 0.3) is 0 Å². The Hall–Kier alpha value is -0.150. The first-order valence-corrected chi connectivity index (χ1v) is 5.40. The van der Waals surface area contributed by atoms with Gasteiger partial charge >= 0.3 is 0 Å². The van der Waals surface area contributed by atoms with E-state index in [9.17, 15) is 8.42 Å². The summed E-state index contributed by atoms with van der Waals surface area (Å²) in [5, 5.41) is -0.245. The molecule has 0 amide bonds. The molecule has 2 aliphatic heterocycles. The summed E-state index contributed by atoms with van der Waals surface area (Å²) in [5.74, 6) is 0. The monoisotopic (exact) mass is 210 g/mol. The number of aliphatic imine (C=N–C) groups is 1. The zero-order valence-corrected chi connectivity index (χ0v) is 7.52. The van der Waals surface area contributed by atoms with Crippen molar-refractivity contribution in [3.8, 4) is 0 Å². The van der Waals surface area contributed by atoms with Gasteiger partial charge in [0.25, 0.3) is 10.1 Å². The van der Waals surface area contributed by atoms with E-state index in [2.05, 4.69) is 14.8 Å².